The van der Waals surface area contributed by atoms with Crippen molar-refractivity contribution in [2.75, 3.05) is 18.5 Å². The summed E-state index contributed by atoms with van der Waals surface area (Å²) in [5.74, 6) is -1.52. The maximum Gasteiger partial charge on any atom is 0.411 e. The fourth-order valence-electron chi connectivity index (χ4n) is 4.73. The van der Waals surface area contributed by atoms with Gasteiger partial charge >= 0.3 is 12.1 Å². The molecule has 0 radical (unpaired) electrons. The molecule has 1 aliphatic heterocycles. The quantitative estimate of drug-likeness (QED) is 0.582. The van der Waals surface area contributed by atoms with E-state index in [9.17, 15) is 19.5 Å². The van der Waals surface area contributed by atoms with Crippen LogP contribution in [0.15, 0.2) is 66.7 Å². The van der Waals surface area contributed by atoms with Gasteiger partial charge in [0.1, 0.15) is 12.6 Å². The zero-order valence-corrected chi connectivity index (χ0v) is 18.7. The number of carboxylic acids is 1. The molecule has 5 rings (SSSR count). The summed E-state index contributed by atoms with van der Waals surface area (Å²) in [7, 11) is 0. The van der Waals surface area contributed by atoms with E-state index in [0.717, 1.165) is 27.8 Å². The van der Waals surface area contributed by atoms with E-state index in [1.54, 1.807) is 18.2 Å². The summed E-state index contributed by atoms with van der Waals surface area (Å²) < 4.78 is 5.60. The highest BCUT2D eigenvalue weighted by molar-refractivity contribution is 6.04. The highest BCUT2D eigenvalue weighted by Crippen LogP contribution is 2.44. The van der Waals surface area contributed by atoms with Crippen LogP contribution >= 0.6 is 0 Å². The molecule has 0 saturated carbocycles. The van der Waals surface area contributed by atoms with Gasteiger partial charge in [0.2, 0.25) is 0 Å². The second-order valence-electron chi connectivity index (χ2n) is 8.64. The van der Waals surface area contributed by atoms with Gasteiger partial charge in [0.15, 0.2) is 0 Å². The Morgan fingerprint density at radius 3 is 2.24 bits per heavy atom. The van der Waals surface area contributed by atoms with Crippen molar-refractivity contribution in [1.82, 2.24) is 4.90 Å². The average molecular weight is 456 g/mol. The van der Waals surface area contributed by atoms with Crippen molar-refractivity contribution in [3.63, 3.8) is 0 Å². The Bertz CT molecular complexity index is 1260. The number of nitrogens with zero attached hydrogens (tertiary/aromatic N) is 1. The number of benzene rings is 3. The predicted octanol–water partition coefficient (Wildman–Crippen LogP) is 4.66. The maximum atomic E-state index is 13.0. The molecule has 1 saturated heterocycles. The number of anilines is 1. The number of carbonyl (C=O) groups is 3. The molecule has 34 heavy (non-hydrogen) atoms. The summed E-state index contributed by atoms with van der Waals surface area (Å²) in [6.45, 7) is 2.36. The van der Waals surface area contributed by atoms with E-state index in [1.807, 2.05) is 43.3 Å². The fraction of sp³-hybridized carbons (Fsp3) is 0.222. The van der Waals surface area contributed by atoms with Crippen molar-refractivity contribution < 1.29 is 24.2 Å². The first-order chi connectivity index (χ1) is 16.4. The van der Waals surface area contributed by atoms with Gasteiger partial charge in [-0.25, -0.2) is 9.59 Å². The summed E-state index contributed by atoms with van der Waals surface area (Å²) in [6.07, 6.45) is -0.250. The molecular weight excluding hydrogens is 432 g/mol. The highest BCUT2D eigenvalue weighted by Gasteiger charge is 2.38. The number of hydrogen-bond donors (Lipinski definition) is 2. The lowest BCUT2D eigenvalue weighted by Crippen LogP contribution is -2.55. The molecule has 3 aromatic carbocycles. The van der Waals surface area contributed by atoms with Crippen LogP contribution in [0.1, 0.15) is 39.4 Å². The number of likely N-dealkylation sites (tertiary alicyclic amines) is 1. The van der Waals surface area contributed by atoms with Crippen molar-refractivity contribution in [3.8, 4) is 11.1 Å². The number of nitrogens with one attached hydrogen (secondary N) is 1. The van der Waals surface area contributed by atoms with Crippen LogP contribution in [0, 0.1) is 6.92 Å². The van der Waals surface area contributed by atoms with E-state index in [0.29, 0.717) is 18.7 Å². The first-order valence-electron chi connectivity index (χ1n) is 11.2. The van der Waals surface area contributed by atoms with Gasteiger partial charge in [-0.15, -0.1) is 0 Å². The van der Waals surface area contributed by atoms with Crippen molar-refractivity contribution in [1.29, 1.82) is 0 Å². The molecule has 1 heterocycles. The minimum Gasteiger partial charge on any atom is -0.480 e. The number of aliphatic carboxylic acids is 1. The average Bonchev–Trinajstić information content (AvgIpc) is 3.11. The standard InChI is InChI=1S/C27H24N2O5/c1-16-10-11-23(21(14-16)25(30)29-13-12-24(29)26(31)32)28-27(33)34-15-22-19-8-4-2-6-17(19)18-7-3-5-9-20(18)22/h2-11,14,22,24H,12-13,15H2,1H3,(H,28,33)(H,31,32). The van der Waals surface area contributed by atoms with Crippen LogP contribution in [-0.4, -0.2) is 47.2 Å². The topological polar surface area (TPSA) is 95.9 Å². The van der Waals surface area contributed by atoms with Crippen molar-refractivity contribution >= 4 is 23.7 Å². The first kappa shape index (κ1) is 21.7. The summed E-state index contributed by atoms with van der Waals surface area (Å²) in [5, 5.41) is 12.0. The summed E-state index contributed by atoms with van der Waals surface area (Å²) in [4.78, 5) is 38.4. The predicted molar refractivity (Wildman–Crippen MR) is 127 cm³/mol. The van der Waals surface area contributed by atoms with E-state index in [2.05, 4.69) is 17.4 Å². The molecule has 172 valence electrons. The summed E-state index contributed by atoms with van der Waals surface area (Å²) >= 11 is 0. The van der Waals surface area contributed by atoms with Crippen LogP contribution in [0.3, 0.4) is 0 Å². The first-order valence-corrected chi connectivity index (χ1v) is 11.2. The lowest BCUT2D eigenvalue weighted by molar-refractivity contribution is -0.146. The molecule has 2 amide bonds. The Morgan fingerprint density at radius 2 is 1.65 bits per heavy atom. The van der Waals surface area contributed by atoms with Gasteiger partial charge in [-0.3, -0.25) is 10.1 Å². The summed E-state index contributed by atoms with van der Waals surface area (Å²) in [6, 6.07) is 20.4. The molecule has 1 atom stereocenters. The van der Waals surface area contributed by atoms with E-state index >= 15 is 0 Å². The molecule has 2 N–H and O–H groups in total. The second kappa shape index (κ2) is 8.67. The molecular formula is C27H24N2O5. The van der Waals surface area contributed by atoms with E-state index in [1.165, 1.54) is 4.90 Å². The van der Waals surface area contributed by atoms with Gasteiger partial charge in [-0.1, -0.05) is 60.2 Å². The largest absolute Gasteiger partial charge is 0.480 e. The second-order valence-corrected chi connectivity index (χ2v) is 8.64. The Labute approximate surface area is 197 Å². The Hall–Kier alpha value is -4.13. The number of amides is 2. The van der Waals surface area contributed by atoms with E-state index < -0.39 is 24.0 Å². The number of rotatable bonds is 5. The maximum absolute atomic E-state index is 13.0. The van der Waals surface area contributed by atoms with Crippen molar-refractivity contribution in [3.05, 3.63) is 89.0 Å². The highest BCUT2D eigenvalue weighted by atomic mass is 16.5. The van der Waals surface area contributed by atoms with Gasteiger partial charge in [0.25, 0.3) is 5.91 Å². The molecule has 1 unspecified atom stereocenters. The minimum absolute atomic E-state index is 0.0744. The Balaban J connectivity index is 1.32. The van der Waals surface area contributed by atoms with Crippen LogP contribution in [0.5, 0.6) is 0 Å². The van der Waals surface area contributed by atoms with Crippen LogP contribution in [-0.2, 0) is 9.53 Å². The molecule has 1 fully saturated rings. The smallest absolute Gasteiger partial charge is 0.411 e. The van der Waals surface area contributed by atoms with Gasteiger partial charge in [-0.2, -0.15) is 0 Å². The number of aryl methyl sites for hydroxylation is 1. The van der Waals surface area contributed by atoms with Gasteiger partial charge in [0.05, 0.1) is 11.3 Å². The van der Waals surface area contributed by atoms with Gasteiger partial charge < -0.3 is 14.7 Å². The molecule has 3 aromatic rings. The molecule has 0 aromatic heterocycles. The molecule has 7 heteroatoms. The molecule has 0 bridgehead atoms. The third-order valence-corrected chi connectivity index (χ3v) is 6.55. The van der Waals surface area contributed by atoms with Crippen LogP contribution in [0.4, 0.5) is 10.5 Å². The lowest BCUT2D eigenvalue weighted by Gasteiger charge is -2.38. The van der Waals surface area contributed by atoms with Crippen molar-refractivity contribution in [2.24, 2.45) is 0 Å². The number of fused-ring (bicyclic) bond motifs is 3. The van der Waals surface area contributed by atoms with E-state index in [4.69, 9.17) is 4.74 Å². The third kappa shape index (κ3) is 3.79. The monoisotopic (exact) mass is 456 g/mol. The van der Waals surface area contributed by atoms with E-state index in [-0.39, 0.29) is 18.1 Å². The van der Waals surface area contributed by atoms with Crippen LogP contribution in [0.2, 0.25) is 0 Å². The zero-order valence-electron chi connectivity index (χ0n) is 18.7. The number of hydrogen-bond acceptors (Lipinski definition) is 4. The Kier molecular flexibility index (Phi) is 5.53. The van der Waals surface area contributed by atoms with Crippen molar-refractivity contribution in [2.45, 2.75) is 25.3 Å². The molecule has 0 spiro atoms. The van der Waals surface area contributed by atoms with Crippen LogP contribution in [0.25, 0.3) is 11.1 Å². The SMILES string of the molecule is Cc1ccc(NC(=O)OCC2c3ccccc3-c3ccccc32)c(C(=O)N2CCC2C(=O)O)c1. The molecule has 7 nitrogen and oxygen atoms in total. The number of carboxylic acid groups (broad SMARTS) is 1. The summed E-state index contributed by atoms with van der Waals surface area (Å²) in [5.41, 5.74) is 5.87. The Morgan fingerprint density at radius 1 is 1.00 bits per heavy atom. The van der Waals surface area contributed by atoms with Crippen LogP contribution < -0.4 is 5.32 Å². The normalized spacial score (nSPS) is 16.3. The molecule has 1 aliphatic carbocycles. The zero-order chi connectivity index (χ0) is 23.8. The van der Waals surface area contributed by atoms with Gasteiger partial charge in [0, 0.05) is 12.5 Å². The third-order valence-electron chi connectivity index (χ3n) is 6.55. The fourth-order valence-corrected chi connectivity index (χ4v) is 4.73. The molecule has 2 aliphatic rings. The number of carbonyl (C=O) groups excluding carboxylic acids is 2. The minimum atomic E-state index is -1.03. The number of ether oxygens (including phenoxy) is 1. The lowest BCUT2D eigenvalue weighted by atomic mass is 9.98. The van der Waals surface area contributed by atoms with Gasteiger partial charge in [-0.05, 0) is 47.7 Å².